The fourth-order valence-electron chi connectivity index (χ4n) is 2.88. The van der Waals surface area contributed by atoms with Gasteiger partial charge >= 0.3 is 0 Å². The Morgan fingerprint density at radius 2 is 1.61 bits per heavy atom. The van der Waals surface area contributed by atoms with Gasteiger partial charge in [-0.25, -0.2) is 8.42 Å². The molecule has 2 aromatic rings. The van der Waals surface area contributed by atoms with Crippen molar-refractivity contribution in [2.24, 2.45) is 0 Å². The highest BCUT2D eigenvalue weighted by Crippen LogP contribution is 2.29. The van der Waals surface area contributed by atoms with E-state index >= 15 is 0 Å². The first-order valence-electron chi connectivity index (χ1n) is 7.45. The molecule has 1 fully saturated rings. The third kappa shape index (κ3) is 3.55. The maximum Gasteiger partial charge on any atom is 0.252 e. The summed E-state index contributed by atoms with van der Waals surface area (Å²) in [5.74, 6) is 0. The Balaban J connectivity index is 1.73. The zero-order valence-corrected chi connectivity index (χ0v) is 15.5. The van der Waals surface area contributed by atoms with E-state index in [2.05, 4.69) is 36.9 Å². The summed E-state index contributed by atoms with van der Waals surface area (Å²) in [7, 11) is -3.42. The minimum Gasteiger partial charge on any atom is -0.369 e. The fraction of sp³-hybridized carbons (Fsp3) is 0.375. The first-order chi connectivity index (χ1) is 10.9. The monoisotopic (exact) mass is 370 g/mol. The maximum atomic E-state index is 12.6. The van der Waals surface area contributed by atoms with Crippen LogP contribution in [0.15, 0.2) is 34.5 Å². The van der Waals surface area contributed by atoms with Gasteiger partial charge in [0.05, 0.1) is 4.34 Å². The van der Waals surface area contributed by atoms with Gasteiger partial charge in [-0.15, -0.1) is 11.3 Å². The number of hydrogen-bond donors (Lipinski definition) is 0. The van der Waals surface area contributed by atoms with Gasteiger partial charge in [0, 0.05) is 31.9 Å². The third-order valence-electron chi connectivity index (χ3n) is 3.95. The molecule has 1 saturated heterocycles. The van der Waals surface area contributed by atoms with Crippen LogP contribution in [0.4, 0.5) is 5.69 Å². The van der Waals surface area contributed by atoms with Gasteiger partial charge in [0.25, 0.3) is 10.0 Å². The van der Waals surface area contributed by atoms with Crippen molar-refractivity contribution in [2.45, 2.75) is 18.1 Å². The first-order valence-corrected chi connectivity index (χ1v) is 10.1. The highest BCUT2D eigenvalue weighted by atomic mass is 35.5. The van der Waals surface area contributed by atoms with E-state index in [-0.39, 0.29) is 0 Å². The highest BCUT2D eigenvalue weighted by Gasteiger charge is 2.29. The molecule has 0 spiro atoms. The molecule has 7 heteroatoms. The molecule has 1 aromatic heterocycles. The van der Waals surface area contributed by atoms with Crippen molar-refractivity contribution in [3.8, 4) is 0 Å². The molecular formula is C16H19ClN2O2S2. The van der Waals surface area contributed by atoms with Crippen molar-refractivity contribution < 1.29 is 8.42 Å². The molecule has 0 saturated carbocycles. The van der Waals surface area contributed by atoms with Crippen LogP contribution in [0.1, 0.15) is 11.1 Å². The van der Waals surface area contributed by atoms with Crippen LogP contribution >= 0.6 is 22.9 Å². The van der Waals surface area contributed by atoms with Crippen LogP contribution in [-0.2, 0) is 10.0 Å². The molecule has 1 aromatic carbocycles. The number of hydrogen-bond acceptors (Lipinski definition) is 4. The summed E-state index contributed by atoms with van der Waals surface area (Å²) in [5.41, 5.74) is 3.62. The van der Waals surface area contributed by atoms with Crippen LogP contribution in [0.3, 0.4) is 0 Å². The molecule has 3 rings (SSSR count). The lowest BCUT2D eigenvalue weighted by molar-refractivity contribution is 0.386. The van der Waals surface area contributed by atoms with Crippen LogP contribution in [0.5, 0.6) is 0 Å². The van der Waals surface area contributed by atoms with Gasteiger partial charge in [-0.05, 0) is 49.2 Å². The minimum absolute atomic E-state index is 0.322. The van der Waals surface area contributed by atoms with E-state index in [1.807, 2.05) is 0 Å². The summed E-state index contributed by atoms with van der Waals surface area (Å²) in [6.07, 6.45) is 0. The SMILES string of the molecule is Cc1cc(C)cc(N2CCN(S(=O)(=O)c3ccc(Cl)s3)CC2)c1. The van der Waals surface area contributed by atoms with E-state index in [4.69, 9.17) is 11.6 Å². The summed E-state index contributed by atoms with van der Waals surface area (Å²) >= 11 is 6.98. The second kappa shape index (κ2) is 6.43. The normalized spacial score (nSPS) is 16.7. The lowest BCUT2D eigenvalue weighted by Gasteiger charge is -2.35. The topological polar surface area (TPSA) is 40.6 Å². The Morgan fingerprint density at radius 3 is 2.13 bits per heavy atom. The van der Waals surface area contributed by atoms with Crippen molar-refractivity contribution in [3.63, 3.8) is 0 Å². The number of rotatable bonds is 3. The number of nitrogens with zero attached hydrogens (tertiary/aromatic N) is 2. The number of piperazine rings is 1. The molecular weight excluding hydrogens is 352 g/mol. The van der Waals surface area contributed by atoms with Gasteiger partial charge in [0.1, 0.15) is 4.21 Å². The van der Waals surface area contributed by atoms with E-state index in [1.54, 1.807) is 16.4 Å². The van der Waals surface area contributed by atoms with Crippen LogP contribution in [0.25, 0.3) is 0 Å². The summed E-state index contributed by atoms with van der Waals surface area (Å²) in [5, 5.41) is 0. The summed E-state index contributed by atoms with van der Waals surface area (Å²) in [6.45, 7) is 6.54. The number of anilines is 1. The van der Waals surface area contributed by atoms with Gasteiger partial charge in [-0.2, -0.15) is 4.31 Å². The average Bonchev–Trinajstić information content (AvgIpc) is 2.94. The molecule has 2 heterocycles. The quantitative estimate of drug-likeness (QED) is 0.829. The smallest absolute Gasteiger partial charge is 0.252 e. The molecule has 1 aliphatic rings. The molecule has 4 nitrogen and oxygen atoms in total. The van der Waals surface area contributed by atoms with Gasteiger partial charge in [-0.3, -0.25) is 0 Å². The molecule has 1 aliphatic heterocycles. The van der Waals surface area contributed by atoms with Crippen molar-refractivity contribution in [3.05, 3.63) is 45.8 Å². The molecule has 0 N–H and O–H groups in total. The van der Waals surface area contributed by atoms with E-state index in [0.717, 1.165) is 11.3 Å². The fourth-order valence-corrected chi connectivity index (χ4v) is 5.94. The van der Waals surface area contributed by atoms with E-state index in [0.29, 0.717) is 34.7 Å². The van der Waals surface area contributed by atoms with E-state index < -0.39 is 10.0 Å². The summed E-state index contributed by atoms with van der Waals surface area (Å²) in [6, 6.07) is 9.65. The Morgan fingerprint density at radius 1 is 1.00 bits per heavy atom. The highest BCUT2D eigenvalue weighted by molar-refractivity contribution is 7.91. The molecule has 0 atom stereocenters. The lowest BCUT2D eigenvalue weighted by atomic mass is 10.1. The predicted molar refractivity (Wildman–Crippen MR) is 96.2 cm³/mol. The largest absolute Gasteiger partial charge is 0.369 e. The predicted octanol–water partition coefficient (Wildman–Crippen LogP) is 3.53. The van der Waals surface area contributed by atoms with Crippen LogP contribution in [0.2, 0.25) is 4.34 Å². The van der Waals surface area contributed by atoms with Crippen molar-refractivity contribution in [1.82, 2.24) is 4.31 Å². The number of benzene rings is 1. The number of halogens is 1. The molecule has 124 valence electrons. The summed E-state index contributed by atoms with van der Waals surface area (Å²) < 4.78 is 27.6. The van der Waals surface area contributed by atoms with Gasteiger partial charge < -0.3 is 4.90 Å². The van der Waals surface area contributed by atoms with Gasteiger partial charge in [0.2, 0.25) is 0 Å². The molecule has 0 aliphatic carbocycles. The summed E-state index contributed by atoms with van der Waals surface area (Å²) in [4.78, 5) is 2.24. The molecule has 0 unspecified atom stereocenters. The van der Waals surface area contributed by atoms with Crippen LogP contribution < -0.4 is 4.90 Å². The maximum absolute atomic E-state index is 12.6. The molecule has 0 amide bonds. The Bertz CT molecular complexity index is 789. The zero-order chi connectivity index (χ0) is 16.6. The second-order valence-electron chi connectivity index (χ2n) is 5.80. The Hall–Kier alpha value is -1.08. The average molecular weight is 371 g/mol. The van der Waals surface area contributed by atoms with Crippen LogP contribution in [-0.4, -0.2) is 38.9 Å². The number of sulfonamides is 1. The van der Waals surface area contributed by atoms with Crippen molar-refractivity contribution in [2.75, 3.05) is 31.1 Å². The number of thiophene rings is 1. The Kier molecular flexibility index (Phi) is 4.69. The molecule has 0 bridgehead atoms. The molecule has 23 heavy (non-hydrogen) atoms. The third-order valence-corrected chi connectivity index (χ3v) is 7.55. The second-order valence-corrected chi connectivity index (χ2v) is 9.68. The standard InChI is InChI=1S/C16H19ClN2O2S2/c1-12-9-13(2)11-14(10-12)18-5-7-19(8-6-18)23(20,21)16-4-3-15(17)22-16/h3-4,9-11H,5-8H2,1-2H3. The van der Waals surface area contributed by atoms with Gasteiger partial charge in [-0.1, -0.05) is 17.7 Å². The van der Waals surface area contributed by atoms with Crippen molar-refractivity contribution in [1.29, 1.82) is 0 Å². The Labute approximate surface area is 146 Å². The molecule has 0 radical (unpaired) electrons. The zero-order valence-electron chi connectivity index (χ0n) is 13.1. The van der Waals surface area contributed by atoms with E-state index in [1.165, 1.54) is 16.8 Å². The first kappa shape index (κ1) is 16.8. The number of aryl methyl sites for hydroxylation is 2. The van der Waals surface area contributed by atoms with Gasteiger partial charge in [0.15, 0.2) is 0 Å². The van der Waals surface area contributed by atoms with E-state index in [9.17, 15) is 8.42 Å². The lowest BCUT2D eigenvalue weighted by Crippen LogP contribution is -2.48. The minimum atomic E-state index is -3.42. The van der Waals surface area contributed by atoms with Crippen LogP contribution in [0, 0.1) is 13.8 Å². The van der Waals surface area contributed by atoms with Crippen molar-refractivity contribution >= 4 is 38.6 Å².